The van der Waals surface area contributed by atoms with Crippen LogP contribution in [0.5, 0.6) is 5.75 Å². The second kappa shape index (κ2) is 21.4. The van der Waals surface area contributed by atoms with Gasteiger partial charge in [0, 0.05) is 39.0 Å². The molecule has 0 fully saturated rings. The number of unbranched alkanes of at least 4 members (excludes halogenated alkanes) is 4. The molecule has 12 nitrogen and oxygen atoms in total. The molecule has 0 saturated heterocycles. The number of hydrogen-bond donors (Lipinski definition) is 5. The van der Waals surface area contributed by atoms with E-state index in [1.165, 1.54) is 6.07 Å². The predicted octanol–water partition coefficient (Wildman–Crippen LogP) is 2.64. The number of aromatic hydroxyl groups is 1. The van der Waals surface area contributed by atoms with Crippen molar-refractivity contribution in [2.45, 2.75) is 71.3 Å². The van der Waals surface area contributed by atoms with E-state index >= 15 is 0 Å². The largest absolute Gasteiger partial charge is 0.507 e. The summed E-state index contributed by atoms with van der Waals surface area (Å²) in [5, 5.41) is 20.6. The van der Waals surface area contributed by atoms with Crippen LogP contribution in [0.1, 0.15) is 76.1 Å². The summed E-state index contributed by atoms with van der Waals surface area (Å²) in [6.45, 7) is 8.21. The number of rotatable bonds is 21. The zero-order chi connectivity index (χ0) is 30.3. The molecule has 1 aromatic rings. The summed E-state index contributed by atoms with van der Waals surface area (Å²) >= 11 is 0. The quantitative estimate of drug-likeness (QED) is 0.139. The van der Waals surface area contributed by atoms with E-state index in [9.17, 15) is 24.3 Å². The first-order valence-corrected chi connectivity index (χ1v) is 14.3. The Kier molecular flexibility index (Phi) is 18.6. The van der Waals surface area contributed by atoms with Gasteiger partial charge in [-0.2, -0.15) is 0 Å². The molecule has 0 aliphatic rings. The lowest BCUT2D eigenvalue weighted by Gasteiger charge is -2.19. The van der Waals surface area contributed by atoms with Gasteiger partial charge in [0.05, 0.1) is 32.0 Å². The van der Waals surface area contributed by atoms with E-state index in [1.54, 1.807) is 39.0 Å². The molecule has 0 saturated carbocycles. The van der Waals surface area contributed by atoms with Crippen molar-refractivity contribution < 1.29 is 38.5 Å². The van der Waals surface area contributed by atoms with Gasteiger partial charge < -0.3 is 40.6 Å². The minimum Gasteiger partial charge on any atom is -0.507 e. The molecule has 12 heteroatoms. The van der Waals surface area contributed by atoms with Crippen molar-refractivity contribution in [3.63, 3.8) is 0 Å². The number of ether oxygens (including phenoxy) is 3. The Labute approximate surface area is 243 Å². The standard InChI is InChI=1S/C29H48N4O8/c1-29(2,3)41-28(38)33-18-22-39-19-14-26(36)31-17-21-40-20-16-30-25(35)13-7-5-4-6-10-15-32-27(37)23-11-8-9-12-24(23)34/h8-9,11-12,34H,4-7,10,13-22H2,1-3H3,(H,30,35)(H,31,36)(H,32,37)(H,33,38). The Hall–Kier alpha value is -3.38. The zero-order valence-corrected chi connectivity index (χ0v) is 24.7. The molecule has 41 heavy (non-hydrogen) atoms. The first kappa shape index (κ1) is 35.6. The van der Waals surface area contributed by atoms with Crippen molar-refractivity contribution in [3.8, 4) is 5.75 Å². The maximum absolute atomic E-state index is 12.0. The van der Waals surface area contributed by atoms with E-state index in [4.69, 9.17) is 14.2 Å². The number of hydrogen-bond acceptors (Lipinski definition) is 8. The highest BCUT2D eigenvalue weighted by atomic mass is 16.6. The number of para-hydroxylation sites is 1. The molecule has 0 aliphatic carbocycles. The Balaban J connectivity index is 1.85. The number of amides is 4. The molecule has 0 bridgehead atoms. The van der Waals surface area contributed by atoms with Gasteiger partial charge in [0.1, 0.15) is 11.4 Å². The Bertz CT molecular complexity index is 920. The van der Waals surface area contributed by atoms with Crippen LogP contribution in [0.25, 0.3) is 0 Å². The maximum atomic E-state index is 12.0. The van der Waals surface area contributed by atoms with Gasteiger partial charge in [-0.05, 0) is 45.7 Å². The summed E-state index contributed by atoms with van der Waals surface area (Å²) in [4.78, 5) is 47.2. The Morgan fingerprint density at radius 2 is 1.24 bits per heavy atom. The molecule has 0 aromatic heterocycles. The van der Waals surface area contributed by atoms with Crippen molar-refractivity contribution in [2.24, 2.45) is 0 Å². The summed E-state index contributed by atoms with van der Waals surface area (Å²) in [6, 6.07) is 6.45. The molecular weight excluding hydrogens is 532 g/mol. The molecule has 232 valence electrons. The highest BCUT2D eigenvalue weighted by Gasteiger charge is 2.15. The van der Waals surface area contributed by atoms with Gasteiger partial charge in [-0.25, -0.2) is 4.79 Å². The zero-order valence-electron chi connectivity index (χ0n) is 24.7. The molecule has 0 aliphatic heterocycles. The van der Waals surface area contributed by atoms with Crippen LogP contribution >= 0.6 is 0 Å². The average molecular weight is 581 g/mol. The van der Waals surface area contributed by atoms with Gasteiger partial charge >= 0.3 is 6.09 Å². The Morgan fingerprint density at radius 1 is 0.683 bits per heavy atom. The average Bonchev–Trinajstić information content (AvgIpc) is 2.90. The molecule has 0 heterocycles. The number of nitrogens with one attached hydrogen (secondary N) is 4. The van der Waals surface area contributed by atoms with Crippen molar-refractivity contribution in [1.29, 1.82) is 0 Å². The Morgan fingerprint density at radius 3 is 1.90 bits per heavy atom. The maximum Gasteiger partial charge on any atom is 0.407 e. The molecule has 5 N–H and O–H groups in total. The number of phenolic OH excluding ortho intramolecular Hbond substituents is 1. The monoisotopic (exact) mass is 580 g/mol. The number of phenols is 1. The molecule has 0 atom stereocenters. The molecule has 4 amide bonds. The van der Waals surface area contributed by atoms with Crippen molar-refractivity contribution in [3.05, 3.63) is 29.8 Å². The second-order valence-corrected chi connectivity index (χ2v) is 10.4. The van der Waals surface area contributed by atoms with E-state index in [0.29, 0.717) is 45.8 Å². The first-order valence-electron chi connectivity index (χ1n) is 14.3. The summed E-state index contributed by atoms with van der Waals surface area (Å²) in [5.74, 6) is -0.475. The van der Waals surface area contributed by atoms with E-state index in [0.717, 1.165) is 32.1 Å². The lowest BCUT2D eigenvalue weighted by atomic mass is 10.1. The third-order valence-corrected chi connectivity index (χ3v) is 5.54. The van der Waals surface area contributed by atoms with Crippen LogP contribution in [0.2, 0.25) is 0 Å². The minimum atomic E-state index is -0.552. The number of alkyl carbamates (subject to hydrolysis) is 1. The molecular formula is C29H48N4O8. The van der Waals surface area contributed by atoms with Gasteiger partial charge in [0.2, 0.25) is 11.8 Å². The van der Waals surface area contributed by atoms with Crippen LogP contribution in [0.3, 0.4) is 0 Å². The normalized spacial score (nSPS) is 11.0. The minimum absolute atomic E-state index is 0.0156. The van der Waals surface area contributed by atoms with E-state index < -0.39 is 11.7 Å². The molecule has 1 rings (SSSR count). The lowest BCUT2D eigenvalue weighted by molar-refractivity contribution is -0.122. The smallest absolute Gasteiger partial charge is 0.407 e. The number of carbonyl (C=O) groups excluding carboxylic acids is 4. The molecule has 0 radical (unpaired) electrons. The van der Waals surface area contributed by atoms with Gasteiger partial charge in [-0.1, -0.05) is 31.4 Å². The summed E-state index contributed by atoms with van der Waals surface area (Å²) in [6.07, 6.45) is 4.66. The fraction of sp³-hybridized carbons (Fsp3) is 0.655. The number of benzene rings is 1. The molecule has 0 spiro atoms. The van der Waals surface area contributed by atoms with Crippen molar-refractivity contribution in [2.75, 3.05) is 52.6 Å². The highest BCUT2D eigenvalue weighted by Crippen LogP contribution is 2.15. The fourth-order valence-electron chi connectivity index (χ4n) is 3.51. The first-order chi connectivity index (χ1) is 19.6. The molecule has 1 aromatic carbocycles. The summed E-state index contributed by atoms with van der Waals surface area (Å²) < 4.78 is 15.9. The van der Waals surface area contributed by atoms with Crippen LogP contribution in [-0.2, 0) is 23.8 Å². The van der Waals surface area contributed by atoms with Gasteiger partial charge in [-0.3, -0.25) is 14.4 Å². The van der Waals surface area contributed by atoms with Crippen LogP contribution < -0.4 is 21.3 Å². The molecule has 0 unspecified atom stereocenters. The lowest BCUT2D eigenvalue weighted by Crippen LogP contribution is -2.34. The third-order valence-electron chi connectivity index (χ3n) is 5.54. The van der Waals surface area contributed by atoms with Gasteiger partial charge in [0.15, 0.2) is 0 Å². The highest BCUT2D eigenvalue weighted by molar-refractivity contribution is 5.96. The van der Waals surface area contributed by atoms with E-state index in [1.807, 2.05) is 0 Å². The summed E-state index contributed by atoms with van der Waals surface area (Å²) in [5.41, 5.74) is -0.277. The second-order valence-electron chi connectivity index (χ2n) is 10.4. The van der Waals surface area contributed by atoms with Crippen molar-refractivity contribution >= 4 is 23.8 Å². The fourth-order valence-corrected chi connectivity index (χ4v) is 3.51. The van der Waals surface area contributed by atoms with Crippen LogP contribution in [-0.4, -0.2) is 87.1 Å². The summed E-state index contributed by atoms with van der Waals surface area (Å²) in [7, 11) is 0. The van der Waals surface area contributed by atoms with Crippen LogP contribution in [0.15, 0.2) is 24.3 Å². The van der Waals surface area contributed by atoms with Crippen LogP contribution in [0.4, 0.5) is 4.79 Å². The van der Waals surface area contributed by atoms with Crippen LogP contribution in [0, 0.1) is 0 Å². The SMILES string of the molecule is CC(C)(C)OC(=O)NCCOCCC(=O)NCCOCCNC(=O)CCCCCCCNC(=O)c1ccccc1O. The van der Waals surface area contributed by atoms with E-state index in [-0.39, 0.29) is 48.7 Å². The number of carbonyl (C=O) groups is 4. The topological polar surface area (TPSA) is 164 Å². The van der Waals surface area contributed by atoms with Crippen molar-refractivity contribution in [1.82, 2.24) is 21.3 Å². The third kappa shape index (κ3) is 20.2. The predicted molar refractivity (Wildman–Crippen MR) is 155 cm³/mol. The van der Waals surface area contributed by atoms with Gasteiger partial charge in [0.25, 0.3) is 5.91 Å². The van der Waals surface area contributed by atoms with E-state index in [2.05, 4.69) is 21.3 Å². The van der Waals surface area contributed by atoms with Gasteiger partial charge in [-0.15, -0.1) is 0 Å².